The third-order valence-corrected chi connectivity index (χ3v) is 1.30. The van der Waals surface area contributed by atoms with Gasteiger partial charge in [-0.05, 0) is 13.3 Å². The summed E-state index contributed by atoms with van der Waals surface area (Å²) in [6.07, 6.45) is 9.10. The van der Waals surface area contributed by atoms with Crippen molar-refractivity contribution in [3.63, 3.8) is 0 Å². The van der Waals surface area contributed by atoms with Crippen LogP contribution >= 0.6 is 0 Å². The number of hydrogen-bond donors (Lipinski definition) is 0. The van der Waals surface area contributed by atoms with Gasteiger partial charge in [0.2, 0.25) is 0 Å². The van der Waals surface area contributed by atoms with Crippen LogP contribution in [0.2, 0.25) is 0 Å². The largest absolute Gasteiger partial charge is 0.382 e. The lowest BCUT2D eigenvalue weighted by atomic mass is 10.4. The maximum atomic E-state index is 5.25. The van der Waals surface area contributed by atoms with Gasteiger partial charge in [-0.3, -0.25) is 0 Å². The Hall–Kier alpha value is -0.600. The minimum absolute atomic E-state index is 0.679. The molecule has 0 atom stereocenters. The predicted molar refractivity (Wildman–Crippen MR) is 51.3 cm³/mol. The maximum absolute atomic E-state index is 5.25. The van der Waals surface area contributed by atoms with Crippen LogP contribution in [0.4, 0.5) is 0 Å². The fourth-order valence-electron chi connectivity index (χ4n) is 0.682. The summed E-state index contributed by atoms with van der Waals surface area (Å²) < 4.78 is 10.1. The van der Waals surface area contributed by atoms with Gasteiger partial charge < -0.3 is 9.47 Å². The molecule has 0 aromatic rings. The van der Waals surface area contributed by atoms with Crippen molar-refractivity contribution in [3.8, 4) is 0 Å². The van der Waals surface area contributed by atoms with Gasteiger partial charge in [0.15, 0.2) is 0 Å². The van der Waals surface area contributed by atoms with E-state index in [1.807, 2.05) is 25.2 Å². The van der Waals surface area contributed by atoms with Crippen molar-refractivity contribution in [1.29, 1.82) is 0 Å². The summed E-state index contributed by atoms with van der Waals surface area (Å²) >= 11 is 0. The monoisotopic (exact) mass is 170 g/mol. The lowest BCUT2D eigenvalue weighted by Gasteiger charge is -1.99. The zero-order valence-electron chi connectivity index (χ0n) is 7.95. The first kappa shape index (κ1) is 11.4. The van der Waals surface area contributed by atoms with Crippen LogP contribution in [0, 0.1) is 0 Å². The van der Waals surface area contributed by atoms with Crippen molar-refractivity contribution < 1.29 is 9.47 Å². The second-order valence-corrected chi connectivity index (χ2v) is 2.35. The topological polar surface area (TPSA) is 18.5 Å². The molecule has 0 bridgehead atoms. The third-order valence-electron chi connectivity index (χ3n) is 1.30. The summed E-state index contributed by atoms with van der Waals surface area (Å²) in [6, 6.07) is 0. The van der Waals surface area contributed by atoms with Crippen LogP contribution in [0.3, 0.4) is 0 Å². The molecule has 0 aromatic carbocycles. The van der Waals surface area contributed by atoms with E-state index in [0.717, 1.165) is 13.0 Å². The zero-order chi connectivity index (χ0) is 9.07. The van der Waals surface area contributed by atoms with Gasteiger partial charge in [0.25, 0.3) is 0 Å². The average molecular weight is 170 g/mol. The molecule has 0 saturated heterocycles. The van der Waals surface area contributed by atoms with Gasteiger partial charge in [0.05, 0.1) is 19.8 Å². The molecule has 0 aliphatic rings. The van der Waals surface area contributed by atoms with Gasteiger partial charge in [-0.25, -0.2) is 0 Å². The molecule has 0 heterocycles. The van der Waals surface area contributed by atoms with Crippen molar-refractivity contribution in [2.45, 2.75) is 13.3 Å². The fourth-order valence-corrected chi connectivity index (χ4v) is 0.682. The maximum Gasteiger partial charge on any atom is 0.0700 e. The lowest BCUT2D eigenvalue weighted by Crippen LogP contribution is -2.01. The van der Waals surface area contributed by atoms with Gasteiger partial charge >= 0.3 is 0 Å². The van der Waals surface area contributed by atoms with E-state index in [2.05, 4.69) is 6.08 Å². The number of allylic oxidation sites excluding steroid dienone is 3. The Labute approximate surface area is 74.9 Å². The molecule has 0 unspecified atom stereocenters. The second-order valence-electron chi connectivity index (χ2n) is 2.35. The van der Waals surface area contributed by atoms with Gasteiger partial charge in [-0.1, -0.05) is 24.3 Å². The molecule has 0 aliphatic heterocycles. The van der Waals surface area contributed by atoms with Crippen LogP contribution in [0.5, 0.6) is 0 Å². The van der Waals surface area contributed by atoms with Crippen LogP contribution in [0.25, 0.3) is 0 Å². The van der Waals surface area contributed by atoms with Crippen LogP contribution in [-0.2, 0) is 9.47 Å². The highest BCUT2D eigenvalue weighted by Crippen LogP contribution is 1.86. The molecule has 0 aromatic heterocycles. The average Bonchev–Trinajstić information content (AvgIpc) is 2.10. The molecule has 2 nitrogen and oxygen atoms in total. The summed E-state index contributed by atoms with van der Waals surface area (Å²) in [5.74, 6) is 0. The highest BCUT2D eigenvalue weighted by Gasteiger charge is 1.83. The molecule has 0 radical (unpaired) electrons. The first-order chi connectivity index (χ1) is 5.91. The molecule has 0 rings (SSSR count). The molecule has 0 N–H and O–H groups in total. The first-order valence-electron chi connectivity index (χ1n) is 4.26. The van der Waals surface area contributed by atoms with Crippen LogP contribution in [-0.4, -0.2) is 26.9 Å². The van der Waals surface area contributed by atoms with E-state index >= 15 is 0 Å². The van der Waals surface area contributed by atoms with E-state index in [9.17, 15) is 0 Å². The Bertz CT molecular complexity index is 128. The van der Waals surface area contributed by atoms with Gasteiger partial charge in [-0.15, -0.1) is 0 Å². The lowest BCUT2D eigenvalue weighted by molar-refractivity contribution is 0.0730. The number of hydrogen-bond acceptors (Lipinski definition) is 2. The molecule has 0 spiro atoms. The smallest absolute Gasteiger partial charge is 0.0700 e. The molecular formula is C10H18O2. The fraction of sp³-hybridized carbons (Fsp3) is 0.600. The third kappa shape index (κ3) is 9.40. The second kappa shape index (κ2) is 10.4. The Morgan fingerprint density at radius 2 is 1.92 bits per heavy atom. The summed E-state index contributed by atoms with van der Waals surface area (Å²) in [5, 5.41) is 0. The molecule has 0 amide bonds. The molecular weight excluding hydrogens is 152 g/mol. The quantitative estimate of drug-likeness (QED) is 0.430. The molecule has 0 aliphatic carbocycles. The van der Waals surface area contributed by atoms with E-state index in [1.54, 1.807) is 7.11 Å². The molecule has 0 fully saturated rings. The van der Waals surface area contributed by atoms with Crippen molar-refractivity contribution in [2.24, 2.45) is 0 Å². The van der Waals surface area contributed by atoms with Crippen LogP contribution < -0.4 is 0 Å². The van der Waals surface area contributed by atoms with Crippen LogP contribution in [0.1, 0.15) is 13.3 Å². The van der Waals surface area contributed by atoms with Crippen molar-refractivity contribution in [3.05, 3.63) is 24.3 Å². The standard InChI is InChI=1S/C10H18O2/c1-3-4-5-6-7-8-12-10-9-11-2/h3-6H,7-10H2,1-2H3/b4-3-,6-5-. The van der Waals surface area contributed by atoms with E-state index < -0.39 is 0 Å². The van der Waals surface area contributed by atoms with Gasteiger partial charge in [0, 0.05) is 7.11 Å². The number of rotatable bonds is 7. The summed E-state index contributed by atoms with van der Waals surface area (Å²) in [4.78, 5) is 0. The minimum Gasteiger partial charge on any atom is -0.382 e. The number of methoxy groups -OCH3 is 1. The molecule has 12 heavy (non-hydrogen) atoms. The number of ether oxygens (including phenoxy) is 2. The van der Waals surface area contributed by atoms with E-state index in [4.69, 9.17) is 9.47 Å². The Morgan fingerprint density at radius 1 is 1.08 bits per heavy atom. The van der Waals surface area contributed by atoms with Crippen molar-refractivity contribution in [2.75, 3.05) is 26.9 Å². The van der Waals surface area contributed by atoms with Gasteiger partial charge in [0.1, 0.15) is 0 Å². The molecule has 2 heteroatoms. The SMILES string of the molecule is C/C=C\C=C/CCOCCOC. The van der Waals surface area contributed by atoms with E-state index in [0.29, 0.717) is 13.2 Å². The summed E-state index contributed by atoms with van der Waals surface area (Å²) in [7, 11) is 1.68. The van der Waals surface area contributed by atoms with E-state index in [-0.39, 0.29) is 0 Å². The van der Waals surface area contributed by atoms with E-state index in [1.165, 1.54) is 0 Å². The Kier molecular flexibility index (Phi) is 9.88. The summed E-state index contributed by atoms with van der Waals surface area (Å²) in [6.45, 7) is 4.14. The van der Waals surface area contributed by atoms with Crippen molar-refractivity contribution in [1.82, 2.24) is 0 Å². The summed E-state index contributed by atoms with van der Waals surface area (Å²) in [5.41, 5.74) is 0. The zero-order valence-corrected chi connectivity index (χ0v) is 7.95. The highest BCUT2D eigenvalue weighted by atomic mass is 16.5. The molecule has 70 valence electrons. The minimum atomic E-state index is 0.679. The van der Waals surface area contributed by atoms with Crippen molar-refractivity contribution >= 4 is 0 Å². The van der Waals surface area contributed by atoms with Gasteiger partial charge in [-0.2, -0.15) is 0 Å². The normalized spacial score (nSPS) is 11.8. The Balaban J connectivity index is 3.00. The van der Waals surface area contributed by atoms with Crippen LogP contribution in [0.15, 0.2) is 24.3 Å². The highest BCUT2D eigenvalue weighted by molar-refractivity contribution is 5.00. The Morgan fingerprint density at radius 3 is 2.58 bits per heavy atom. The first-order valence-corrected chi connectivity index (χ1v) is 4.26. The molecule has 0 saturated carbocycles. The predicted octanol–water partition coefficient (Wildman–Crippen LogP) is 2.17.